The smallest absolute Gasteiger partial charge is 0.269 e. The number of nitro groups is 1. The lowest BCUT2D eigenvalue weighted by Gasteiger charge is -2.25. The summed E-state index contributed by atoms with van der Waals surface area (Å²) in [6.07, 6.45) is 7.74. The van der Waals surface area contributed by atoms with Crippen molar-refractivity contribution >= 4 is 35.6 Å². The highest BCUT2D eigenvalue weighted by molar-refractivity contribution is 14.0. The Morgan fingerprint density at radius 2 is 1.93 bits per heavy atom. The van der Waals surface area contributed by atoms with E-state index in [0.717, 1.165) is 30.1 Å². The Morgan fingerprint density at radius 1 is 1.19 bits per heavy atom. The molecule has 1 heterocycles. The maximum absolute atomic E-state index is 10.7. The number of rotatable bonds is 6. The molecule has 146 valence electrons. The van der Waals surface area contributed by atoms with Crippen molar-refractivity contribution in [2.75, 3.05) is 0 Å². The lowest BCUT2D eigenvalue weighted by Crippen LogP contribution is -2.44. The van der Waals surface area contributed by atoms with E-state index in [1.807, 2.05) is 12.1 Å². The SMILES string of the molecule is I.O=[N+]([O-])c1ccc(CN=C(NCc2ccco2)NC2CCCCC2)cc1. The van der Waals surface area contributed by atoms with Gasteiger partial charge in [0.05, 0.1) is 24.3 Å². The van der Waals surface area contributed by atoms with Gasteiger partial charge in [-0.05, 0) is 30.5 Å². The van der Waals surface area contributed by atoms with Gasteiger partial charge in [0.1, 0.15) is 5.76 Å². The van der Waals surface area contributed by atoms with Crippen LogP contribution in [0.2, 0.25) is 0 Å². The van der Waals surface area contributed by atoms with Crippen molar-refractivity contribution in [1.29, 1.82) is 0 Å². The molecule has 1 fully saturated rings. The van der Waals surface area contributed by atoms with Gasteiger partial charge in [0, 0.05) is 18.2 Å². The molecular formula is C19H25IN4O3. The van der Waals surface area contributed by atoms with Crippen LogP contribution in [-0.4, -0.2) is 16.9 Å². The molecule has 0 spiro atoms. The summed E-state index contributed by atoms with van der Waals surface area (Å²) >= 11 is 0. The summed E-state index contributed by atoms with van der Waals surface area (Å²) in [7, 11) is 0. The molecule has 7 nitrogen and oxygen atoms in total. The Labute approximate surface area is 175 Å². The van der Waals surface area contributed by atoms with Crippen molar-refractivity contribution in [2.45, 2.75) is 51.2 Å². The van der Waals surface area contributed by atoms with Crippen molar-refractivity contribution in [3.63, 3.8) is 0 Å². The summed E-state index contributed by atoms with van der Waals surface area (Å²) in [6, 6.07) is 10.7. The molecule has 1 aromatic heterocycles. The number of benzene rings is 1. The normalized spacial score (nSPS) is 15.0. The summed E-state index contributed by atoms with van der Waals surface area (Å²) in [5, 5.41) is 17.6. The van der Waals surface area contributed by atoms with E-state index in [2.05, 4.69) is 15.6 Å². The summed E-state index contributed by atoms with van der Waals surface area (Å²) in [4.78, 5) is 15.0. The molecule has 2 N–H and O–H groups in total. The third-order valence-electron chi connectivity index (χ3n) is 4.52. The molecule has 0 saturated heterocycles. The molecule has 0 atom stereocenters. The number of hydrogen-bond acceptors (Lipinski definition) is 4. The highest BCUT2D eigenvalue weighted by Crippen LogP contribution is 2.17. The first-order chi connectivity index (χ1) is 12.7. The first kappa shape index (κ1) is 21.2. The van der Waals surface area contributed by atoms with Gasteiger partial charge in [0.2, 0.25) is 0 Å². The average Bonchev–Trinajstić information content (AvgIpc) is 3.19. The Kier molecular flexibility index (Phi) is 8.56. The molecule has 3 rings (SSSR count). The molecule has 27 heavy (non-hydrogen) atoms. The number of hydrogen-bond donors (Lipinski definition) is 2. The van der Waals surface area contributed by atoms with Gasteiger partial charge in [0.15, 0.2) is 5.96 Å². The molecule has 1 aliphatic carbocycles. The standard InChI is InChI=1S/C19H24N4O3.HI/c24-23(25)17-10-8-15(9-11-17)13-20-19(21-14-18-7-4-12-26-18)22-16-5-2-1-3-6-16;/h4,7-12,16H,1-3,5-6,13-14H2,(H2,20,21,22);1H. The van der Waals surface area contributed by atoms with Gasteiger partial charge in [-0.15, -0.1) is 24.0 Å². The van der Waals surface area contributed by atoms with Gasteiger partial charge < -0.3 is 15.1 Å². The molecule has 1 saturated carbocycles. The summed E-state index contributed by atoms with van der Waals surface area (Å²) in [5.74, 6) is 1.59. The second-order valence-corrected chi connectivity index (χ2v) is 6.50. The third-order valence-corrected chi connectivity index (χ3v) is 4.52. The molecule has 1 aromatic carbocycles. The van der Waals surface area contributed by atoms with Gasteiger partial charge in [0.25, 0.3) is 5.69 Å². The van der Waals surface area contributed by atoms with E-state index in [4.69, 9.17) is 4.42 Å². The van der Waals surface area contributed by atoms with Crippen LogP contribution in [0, 0.1) is 10.1 Å². The first-order valence-corrected chi connectivity index (χ1v) is 9.01. The second kappa shape index (κ2) is 10.9. The van der Waals surface area contributed by atoms with E-state index < -0.39 is 4.92 Å². The largest absolute Gasteiger partial charge is 0.467 e. The van der Waals surface area contributed by atoms with Gasteiger partial charge in [-0.3, -0.25) is 10.1 Å². The minimum atomic E-state index is -0.395. The first-order valence-electron chi connectivity index (χ1n) is 9.01. The maximum Gasteiger partial charge on any atom is 0.269 e. The van der Waals surface area contributed by atoms with Crippen LogP contribution >= 0.6 is 24.0 Å². The quantitative estimate of drug-likeness (QED) is 0.209. The zero-order chi connectivity index (χ0) is 18.2. The maximum atomic E-state index is 10.7. The fourth-order valence-electron chi connectivity index (χ4n) is 3.07. The van der Waals surface area contributed by atoms with Crippen LogP contribution in [0.5, 0.6) is 0 Å². The van der Waals surface area contributed by atoms with Crippen molar-refractivity contribution in [1.82, 2.24) is 10.6 Å². The fourth-order valence-corrected chi connectivity index (χ4v) is 3.07. The monoisotopic (exact) mass is 484 g/mol. The average molecular weight is 484 g/mol. The van der Waals surface area contributed by atoms with Crippen molar-refractivity contribution in [2.24, 2.45) is 4.99 Å². The van der Waals surface area contributed by atoms with Crippen LogP contribution in [-0.2, 0) is 13.1 Å². The van der Waals surface area contributed by atoms with Gasteiger partial charge in [-0.25, -0.2) is 4.99 Å². The van der Waals surface area contributed by atoms with Crippen LogP contribution in [0.4, 0.5) is 5.69 Å². The Morgan fingerprint density at radius 3 is 2.56 bits per heavy atom. The third kappa shape index (κ3) is 6.85. The molecule has 0 amide bonds. The van der Waals surface area contributed by atoms with Crippen molar-refractivity contribution < 1.29 is 9.34 Å². The van der Waals surface area contributed by atoms with Crippen LogP contribution in [0.15, 0.2) is 52.1 Å². The number of furan rings is 1. The molecule has 0 unspecified atom stereocenters. The number of nitrogens with zero attached hydrogens (tertiary/aromatic N) is 2. The Balaban J connectivity index is 0.00000261. The predicted molar refractivity (Wildman–Crippen MR) is 115 cm³/mol. The van der Waals surface area contributed by atoms with Crippen molar-refractivity contribution in [3.05, 3.63) is 64.1 Å². The molecule has 0 aliphatic heterocycles. The van der Waals surface area contributed by atoms with Gasteiger partial charge in [-0.2, -0.15) is 0 Å². The number of nitrogens with one attached hydrogen (secondary N) is 2. The molecule has 8 heteroatoms. The van der Waals surface area contributed by atoms with E-state index in [1.165, 1.54) is 31.4 Å². The Bertz CT molecular complexity index is 726. The molecular weight excluding hydrogens is 459 g/mol. The van der Waals surface area contributed by atoms with Gasteiger partial charge >= 0.3 is 0 Å². The molecule has 0 bridgehead atoms. The van der Waals surface area contributed by atoms with E-state index in [0.29, 0.717) is 19.1 Å². The van der Waals surface area contributed by atoms with E-state index >= 15 is 0 Å². The number of guanidine groups is 1. The summed E-state index contributed by atoms with van der Waals surface area (Å²) in [6.45, 7) is 1.02. The van der Waals surface area contributed by atoms with E-state index in [9.17, 15) is 10.1 Å². The highest BCUT2D eigenvalue weighted by atomic mass is 127. The van der Waals surface area contributed by atoms with Crippen LogP contribution < -0.4 is 10.6 Å². The minimum absolute atomic E-state index is 0. The molecule has 0 radical (unpaired) electrons. The molecule has 1 aliphatic rings. The van der Waals surface area contributed by atoms with E-state index in [1.54, 1.807) is 18.4 Å². The lowest BCUT2D eigenvalue weighted by atomic mass is 9.96. The van der Waals surface area contributed by atoms with Gasteiger partial charge in [-0.1, -0.05) is 31.4 Å². The summed E-state index contributed by atoms with van der Waals surface area (Å²) < 4.78 is 5.36. The summed E-state index contributed by atoms with van der Waals surface area (Å²) in [5.41, 5.74) is 1.02. The topological polar surface area (TPSA) is 92.7 Å². The second-order valence-electron chi connectivity index (χ2n) is 6.50. The van der Waals surface area contributed by atoms with Crippen LogP contribution in [0.1, 0.15) is 43.4 Å². The number of halogens is 1. The minimum Gasteiger partial charge on any atom is -0.467 e. The highest BCUT2D eigenvalue weighted by Gasteiger charge is 2.15. The Hall–Kier alpha value is -2.10. The van der Waals surface area contributed by atoms with Crippen LogP contribution in [0.3, 0.4) is 0 Å². The van der Waals surface area contributed by atoms with E-state index in [-0.39, 0.29) is 29.7 Å². The van der Waals surface area contributed by atoms with Crippen LogP contribution in [0.25, 0.3) is 0 Å². The number of nitro benzene ring substituents is 1. The lowest BCUT2D eigenvalue weighted by molar-refractivity contribution is -0.384. The fraction of sp³-hybridized carbons (Fsp3) is 0.421. The zero-order valence-corrected chi connectivity index (χ0v) is 17.4. The number of non-ortho nitro benzene ring substituents is 1. The predicted octanol–water partition coefficient (Wildman–Crippen LogP) is 4.37. The number of aliphatic imine (C=N–C) groups is 1. The zero-order valence-electron chi connectivity index (χ0n) is 15.1. The van der Waals surface area contributed by atoms with Crippen molar-refractivity contribution in [3.8, 4) is 0 Å². The molecule has 2 aromatic rings.